The fraction of sp³-hybridized carbons (Fsp3) is 0.381. The van der Waals surface area contributed by atoms with Gasteiger partial charge in [0.15, 0.2) is 5.96 Å². The van der Waals surface area contributed by atoms with Crippen LogP contribution in [0.3, 0.4) is 0 Å². The number of hydrogen-bond donors (Lipinski definition) is 2. The van der Waals surface area contributed by atoms with E-state index >= 15 is 0 Å². The number of guanidine groups is 1. The molecule has 0 atom stereocenters. The summed E-state index contributed by atoms with van der Waals surface area (Å²) in [5, 5.41) is 3.13. The van der Waals surface area contributed by atoms with Crippen molar-refractivity contribution >= 4 is 35.6 Å². The molecule has 140 valence electrons. The summed E-state index contributed by atoms with van der Waals surface area (Å²) < 4.78 is 0. The van der Waals surface area contributed by atoms with Gasteiger partial charge in [-0.1, -0.05) is 48.4 Å². The van der Waals surface area contributed by atoms with Crippen molar-refractivity contribution in [2.24, 2.45) is 10.7 Å². The Bertz CT molecular complexity index is 689. The molecule has 0 spiro atoms. The zero-order valence-corrected chi connectivity index (χ0v) is 17.8. The first-order valence-corrected chi connectivity index (χ1v) is 9.13. The van der Waals surface area contributed by atoms with E-state index in [0.29, 0.717) is 12.5 Å². The van der Waals surface area contributed by atoms with Crippen LogP contribution in [0.25, 0.3) is 0 Å². The number of nitrogens with one attached hydrogen (secondary N) is 1. The lowest BCUT2D eigenvalue weighted by Gasteiger charge is -2.26. The Morgan fingerprint density at radius 2 is 1.58 bits per heavy atom. The largest absolute Gasteiger partial charge is 0.370 e. The van der Waals surface area contributed by atoms with Gasteiger partial charge in [0, 0.05) is 12.2 Å². The predicted molar refractivity (Wildman–Crippen MR) is 121 cm³/mol. The number of aliphatic imine (C=N–C) groups is 1. The number of anilines is 1. The highest BCUT2D eigenvalue weighted by molar-refractivity contribution is 14.0. The van der Waals surface area contributed by atoms with E-state index in [2.05, 4.69) is 58.5 Å². The SMILES string of the molecule is Cc1ccc(NC(N)=NCc2ccc(CN3CCCCC3)cc2)cc1.I. The Hall–Kier alpha value is -1.60. The minimum absolute atomic E-state index is 0. The van der Waals surface area contributed by atoms with Crippen molar-refractivity contribution in [2.45, 2.75) is 39.3 Å². The Morgan fingerprint density at radius 1 is 0.962 bits per heavy atom. The molecule has 1 saturated heterocycles. The Labute approximate surface area is 173 Å². The maximum Gasteiger partial charge on any atom is 0.193 e. The van der Waals surface area contributed by atoms with Gasteiger partial charge in [-0.25, -0.2) is 4.99 Å². The molecule has 0 saturated carbocycles. The van der Waals surface area contributed by atoms with Gasteiger partial charge in [-0.05, 0) is 56.1 Å². The average Bonchev–Trinajstić information content (AvgIpc) is 2.64. The molecular formula is C21H29IN4. The lowest BCUT2D eigenvalue weighted by atomic mass is 10.1. The third-order valence-corrected chi connectivity index (χ3v) is 4.63. The summed E-state index contributed by atoms with van der Waals surface area (Å²) in [7, 11) is 0. The molecule has 5 heteroatoms. The van der Waals surface area contributed by atoms with Gasteiger partial charge < -0.3 is 11.1 Å². The number of aryl methyl sites for hydroxylation is 1. The van der Waals surface area contributed by atoms with Crippen molar-refractivity contribution in [3.05, 3.63) is 65.2 Å². The van der Waals surface area contributed by atoms with Crippen LogP contribution in [0.2, 0.25) is 0 Å². The number of nitrogens with zero attached hydrogens (tertiary/aromatic N) is 2. The van der Waals surface area contributed by atoms with Gasteiger partial charge >= 0.3 is 0 Å². The van der Waals surface area contributed by atoms with Crippen LogP contribution in [0.1, 0.15) is 36.0 Å². The number of likely N-dealkylation sites (tertiary alicyclic amines) is 1. The van der Waals surface area contributed by atoms with Crippen LogP contribution in [-0.2, 0) is 13.1 Å². The van der Waals surface area contributed by atoms with Gasteiger partial charge in [0.2, 0.25) is 0 Å². The van der Waals surface area contributed by atoms with E-state index in [1.54, 1.807) is 0 Å². The summed E-state index contributed by atoms with van der Waals surface area (Å²) in [5.41, 5.74) is 10.7. The van der Waals surface area contributed by atoms with Gasteiger partial charge in [-0.2, -0.15) is 0 Å². The van der Waals surface area contributed by atoms with E-state index in [0.717, 1.165) is 12.2 Å². The molecule has 26 heavy (non-hydrogen) atoms. The summed E-state index contributed by atoms with van der Waals surface area (Å²) in [5.74, 6) is 0.446. The fourth-order valence-corrected chi connectivity index (χ4v) is 3.13. The quantitative estimate of drug-likeness (QED) is 0.389. The second kappa shape index (κ2) is 10.5. The highest BCUT2D eigenvalue weighted by Crippen LogP contribution is 2.14. The molecule has 1 aliphatic heterocycles. The molecule has 3 N–H and O–H groups in total. The number of rotatable bonds is 5. The highest BCUT2D eigenvalue weighted by atomic mass is 127. The van der Waals surface area contributed by atoms with Gasteiger partial charge in [0.25, 0.3) is 0 Å². The van der Waals surface area contributed by atoms with Gasteiger partial charge in [0.05, 0.1) is 6.54 Å². The van der Waals surface area contributed by atoms with Crippen LogP contribution >= 0.6 is 24.0 Å². The Balaban J connectivity index is 0.00000243. The summed E-state index contributed by atoms with van der Waals surface area (Å²) in [6, 6.07) is 16.9. The maximum absolute atomic E-state index is 5.98. The Kier molecular flexibility index (Phi) is 8.38. The maximum atomic E-state index is 5.98. The van der Waals surface area contributed by atoms with Crippen LogP contribution in [-0.4, -0.2) is 23.9 Å². The minimum atomic E-state index is 0. The molecule has 1 heterocycles. The first-order chi connectivity index (χ1) is 12.2. The number of piperidine rings is 1. The molecule has 3 rings (SSSR count). The zero-order chi connectivity index (χ0) is 17.5. The Morgan fingerprint density at radius 3 is 2.23 bits per heavy atom. The lowest BCUT2D eigenvalue weighted by Crippen LogP contribution is -2.29. The van der Waals surface area contributed by atoms with Crippen LogP contribution in [0.4, 0.5) is 5.69 Å². The van der Waals surface area contributed by atoms with Crippen LogP contribution in [0.15, 0.2) is 53.5 Å². The number of hydrogen-bond acceptors (Lipinski definition) is 2. The number of nitrogens with two attached hydrogens (primary N) is 1. The van der Waals surface area contributed by atoms with Crippen molar-refractivity contribution in [1.82, 2.24) is 4.90 Å². The average molecular weight is 464 g/mol. The predicted octanol–water partition coefficient (Wildman–Crippen LogP) is 4.53. The monoisotopic (exact) mass is 464 g/mol. The summed E-state index contributed by atoms with van der Waals surface area (Å²) >= 11 is 0. The number of benzene rings is 2. The first-order valence-electron chi connectivity index (χ1n) is 9.13. The third kappa shape index (κ3) is 6.61. The standard InChI is InChI=1S/C21H28N4.HI/c1-17-5-11-20(12-6-17)24-21(22)23-15-18-7-9-19(10-8-18)16-25-13-3-2-4-14-25;/h5-12H,2-4,13-16H2,1H3,(H3,22,23,24);1H. The van der Waals surface area contributed by atoms with Crippen molar-refractivity contribution < 1.29 is 0 Å². The lowest BCUT2D eigenvalue weighted by molar-refractivity contribution is 0.221. The summed E-state index contributed by atoms with van der Waals surface area (Å²) in [6.07, 6.45) is 4.05. The van der Waals surface area contributed by atoms with Crippen molar-refractivity contribution in [1.29, 1.82) is 0 Å². The van der Waals surface area contributed by atoms with Crippen LogP contribution in [0.5, 0.6) is 0 Å². The van der Waals surface area contributed by atoms with E-state index in [1.807, 2.05) is 12.1 Å². The summed E-state index contributed by atoms with van der Waals surface area (Å²) in [4.78, 5) is 6.97. The second-order valence-corrected chi connectivity index (χ2v) is 6.85. The topological polar surface area (TPSA) is 53.6 Å². The number of halogens is 1. The molecule has 0 radical (unpaired) electrons. The van der Waals surface area contributed by atoms with Crippen LogP contribution < -0.4 is 11.1 Å². The van der Waals surface area contributed by atoms with E-state index in [-0.39, 0.29) is 24.0 Å². The first kappa shape index (κ1) is 20.7. The molecular weight excluding hydrogens is 435 g/mol. The third-order valence-electron chi connectivity index (χ3n) is 4.63. The van der Waals surface area contributed by atoms with E-state index in [4.69, 9.17) is 5.73 Å². The molecule has 2 aromatic carbocycles. The minimum Gasteiger partial charge on any atom is -0.370 e. The van der Waals surface area contributed by atoms with Crippen molar-refractivity contribution in [2.75, 3.05) is 18.4 Å². The normalized spacial score (nSPS) is 15.3. The fourth-order valence-electron chi connectivity index (χ4n) is 3.13. The van der Waals surface area contributed by atoms with E-state index < -0.39 is 0 Å². The molecule has 2 aromatic rings. The van der Waals surface area contributed by atoms with Gasteiger partial charge in [-0.15, -0.1) is 24.0 Å². The molecule has 0 bridgehead atoms. The molecule has 4 nitrogen and oxygen atoms in total. The molecule has 0 aromatic heterocycles. The molecule has 0 amide bonds. The second-order valence-electron chi connectivity index (χ2n) is 6.85. The van der Waals surface area contributed by atoms with E-state index in [1.165, 1.54) is 49.0 Å². The highest BCUT2D eigenvalue weighted by Gasteiger charge is 2.10. The molecule has 0 unspecified atom stereocenters. The van der Waals surface area contributed by atoms with Gasteiger partial charge in [-0.3, -0.25) is 4.90 Å². The zero-order valence-electron chi connectivity index (χ0n) is 15.4. The van der Waals surface area contributed by atoms with Gasteiger partial charge in [0.1, 0.15) is 0 Å². The molecule has 0 aliphatic carbocycles. The van der Waals surface area contributed by atoms with E-state index in [9.17, 15) is 0 Å². The van der Waals surface area contributed by atoms with Crippen molar-refractivity contribution in [3.63, 3.8) is 0 Å². The van der Waals surface area contributed by atoms with Crippen LogP contribution in [0, 0.1) is 6.92 Å². The summed E-state index contributed by atoms with van der Waals surface area (Å²) in [6.45, 7) is 6.17. The molecule has 1 aliphatic rings. The molecule has 1 fully saturated rings. The smallest absolute Gasteiger partial charge is 0.193 e. The van der Waals surface area contributed by atoms with Crippen molar-refractivity contribution in [3.8, 4) is 0 Å².